The van der Waals surface area contributed by atoms with E-state index in [2.05, 4.69) is 19.2 Å². The molecule has 2 fully saturated rings. The Morgan fingerprint density at radius 2 is 2.13 bits per heavy atom. The monoisotopic (exact) mass is 417 g/mol. The number of anilines is 1. The second kappa shape index (κ2) is 7.91. The number of benzene rings is 1. The average molecular weight is 417 g/mol. The molecule has 2 atom stereocenters. The van der Waals surface area contributed by atoms with Gasteiger partial charge < -0.3 is 24.6 Å². The number of carboxylic acid groups (broad SMARTS) is 1. The van der Waals surface area contributed by atoms with Crippen molar-refractivity contribution in [1.82, 2.24) is 9.88 Å². The smallest absolute Gasteiger partial charge is 0.341 e. The number of aromatic nitrogens is 1. The first kappa shape index (κ1) is 20.7. The summed E-state index contributed by atoms with van der Waals surface area (Å²) in [5, 5.41) is 12.9. The lowest BCUT2D eigenvalue weighted by molar-refractivity contribution is 0.0695. The number of ether oxygens (including phenoxy) is 1. The molecule has 0 radical (unpaired) electrons. The Hall–Kier alpha value is -2.61. The lowest BCUT2D eigenvalue weighted by Crippen LogP contribution is -2.35. The number of carbonyl (C=O) groups is 1. The Kier molecular flexibility index (Phi) is 5.44. The molecule has 1 aliphatic carbocycles. The van der Waals surface area contributed by atoms with Crippen LogP contribution in [0.15, 0.2) is 17.1 Å². The molecule has 1 saturated heterocycles. The van der Waals surface area contributed by atoms with Gasteiger partial charge in [-0.3, -0.25) is 4.79 Å². The quantitative estimate of drug-likeness (QED) is 0.721. The minimum atomic E-state index is -1.31. The lowest BCUT2D eigenvalue weighted by Gasteiger charge is -2.26. The SMILES string of the molecule is CCN[C@H](C)[C@@H]1CCN(c2c(F)cc3c(=O)c(C(=O)O)cn(C4CC4)c3c2OC)C1. The first-order valence-corrected chi connectivity index (χ1v) is 10.5. The fraction of sp³-hybridized carbons (Fsp3) is 0.545. The highest BCUT2D eigenvalue weighted by Gasteiger charge is 2.34. The van der Waals surface area contributed by atoms with E-state index < -0.39 is 17.2 Å². The van der Waals surface area contributed by atoms with E-state index in [0.29, 0.717) is 42.0 Å². The van der Waals surface area contributed by atoms with E-state index in [-0.39, 0.29) is 17.0 Å². The van der Waals surface area contributed by atoms with E-state index >= 15 is 4.39 Å². The summed E-state index contributed by atoms with van der Waals surface area (Å²) in [7, 11) is 1.47. The van der Waals surface area contributed by atoms with E-state index in [1.165, 1.54) is 19.4 Å². The molecule has 30 heavy (non-hydrogen) atoms. The number of methoxy groups -OCH3 is 1. The number of pyridine rings is 1. The third-order valence-electron chi connectivity index (χ3n) is 6.35. The number of rotatable bonds is 7. The number of halogens is 1. The van der Waals surface area contributed by atoms with Gasteiger partial charge in [-0.1, -0.05) is 6.92 Å². The van der Waals surface area contributed by atoms with Crippen LogP contribution in [-0.2, 0) is 0 Å². The Morgan fingerprint density at radius 3 is 2.73 bits per heavy atom. The maximum atomic E-state index is 15.3. The fourth-order valence-corrected chi connectivity index (χ4v) is 4.61. The molecule has 4 rings (SSSR count). The largest absolute Gasteiger partial charge is 0.492 e. The third-order valence-corrected chi connectivity index (χ3v) is 6.35. The number of nitrogens with one attached hydrogen (secondary N) is 1. The topological polar surface area (TPSA) is 83.8 Å². The Bertz CT molecular complexity index is 1050. The molecule has 0 spiro atoms. The number of hydrogen-bond donors (Lipinski definition) is 2. The van der Waals surface area contributed by atoms with Crippen LogP contribution in [0, 0.1) is 11.7 Å². The molecule has 1 aliphatic heterocycles. The maximum Gasteiger partial charge on any atom is 0.341 e. The fourth-order valence-electron chi connectivity index (χ4n) is 4.61. The van der Waals surface area contributed by atoms with Crippen molar-refractivity contribution >= 4 is 22.6 Å². The number of carboxylic acids is 1. The van der Waals surface area contributed by atoms with Crippen LogP contribution >= 0.6 is 0 Å². The van der Waals surface area contributed by atoms with Crippen LogP contribution in [0.2, 0.25) is 0 Å². The molecular weight excluding hydrogens is 389 g/mol. The predicted octanol–water partition coefficient (Wildman–Crippen LogP) is 3.01. The molecule has 162 valence electrons. The molecule has 8 heteroatoms. The van der Waals surface area contributed by atoms with Gasteiger partial charge >= 0.3 is 5.97 Å². The minimum absolute atomic E-state index is 0.0525. The summed E-state index contributed by atoms with van der Waals surface area (Å²) >= 11 is 0. The minimum Gasteiger partial charge on any atom is -0.492 e. The molecule has 1 saturated carbocycles. The molecule has 0 bridgehead atoms. The normalized spacial score (nSPS) is 20.0. The molecule has 2 aromatic rings. The zero-order chi connectivity index (χ0) is 21.6. The highest BCUT2D eigenvalue weighted by molar-refractivity contribution is 5.97. The van der Waals surface area contributed by atoms with Crippen LogP contribution < -0.4 is 20.4 Å². The van der Waals surface area contributed by atoms with Crippen LogP contribution in [0.1, 0.15) is 49.5 Å². The first-order valence-electron chi connectivity index (χ1n) is 10.5. The predicted molar refractivity (Wildman–Crippen MR) is 113 cm³/mol. The van der Waals surface area contributed by atoms with Crippen molar-refractivity contribution < 1.29 is 19.0 Å². The molecule has 7 nitrogen and oxygen atoms in total. The van der Waals surface area contributed by atoms with E-state index in [0.717, 1.165) is 25.8 Å². The van der Waals surface area contributed by atoms with Gasteiger partial charge in [-0.2, -0.15) is 0 Å². The summed E-state index contributed by atoms with van der Waals surface area (Å²) in [5.74, 6) is -1.18. The molecule has 2 aliphatic rings. The van der Waals surface area contributed by atoms with Crippen LogP contribution in [0.4, 0.5) is 10.1 Å². The van der Waals surface area contributed by atoms with Gasteiger partial charge in [-0.15, -0.1) is 0 Å². The average Bonchev–Trinajstić information content (AvgIpc) is 3.44. The van der Waals surface area contributed by atoms with E-state index in [4.69, 9.17) is 4.74 Å². The first-order chi connectivity index (χ1) is 14.4. The number of fused-ring (bicyclic) bond motifs is 1. The summed E-state index contributed by atoms with van der Waals surface area (Å²) in [6.07, 6.45) is 4.09. The highest BCUT2D eigenvalue weighted by Crippen LogP contribution is 2.44. The van der Waals surface area contributed by atoms with Crippen LogP contribution in [0.25, 0.3) is 10.9 Å². The van der Waals surface area contributed by atoms with Gasteiger partial charge in [0.15, 0.2) is 11.6 Å². The summed E-state index contributed by atoms with van der Waals surface area (Å²) in [6.45, 7) is 6.47. The summed E-state index contributed by atoms with van der Waals surface area (Å²) in [4.78, 5) is 26.4. The van der Waals surface area contributed by atoms with Gasteiger partial charge in [0, 0.05) is 31.4 Å². The molecule has 2 heterocycles. The molecule has 0 unspecified atom stereocenters. The zero-order valence-electron chi connectivity index (χ0n) is 17.6. The number of aromatic carboxylic acids is 1. The van der Waals surface area contributed by atoms with Crippen molar-refractivity contribution in [2.24, 2.45) is 5.92 Å². The van der Waals surface area contributed by atoms with Gasteiger partial charge in [-0.25, -0.2) is 9.18 Å². The Morgan fingerprint density at radius 1 is 1.40 bits per heavy atom. The van der Waals surface area contributed by atoms with Crippen molar-refractivity contribution in [3.05, 3.63) is 33.9 Å². The maximum absolute atomic E-state index is 15.3. The van der Waals surface area contributed by atoms with Gasteiger partial charge in [0.25, 0.3) is 0 Å². The standard InChI is InChI=1S/C22H28FN3O4/c1-4-24-12(2)13-7-8-25(10-13)19-17(23)9-15-18(21(19)30-3)26(14-5-6-14)11-16(20(15)27)22(28)29/h9,11-14,24H,4-8,10H2,1-3H3,(H,28,29)/t12-,13-/m1/s1. The lowest BCUT2D eigenvalue weighted by atomic mass is 10.0. The number of nitrogens with zero attached hydrogens (tertiary/aromatic N) is 2. The van der Waals surface area contributed by atoms with E-state index in [9.17, 15) is 14.7 Å². The number of hydrogen-bond acceptors (Lipinski definition) is 5. The van der Waals surface area contributed by atoms with Crippen molar-refractivity contribution in [1.29, 1.82) is 0 Å². The molecular formula is C22H28FN3O4. The summed E-state index contributed by atoms with van der Waals surface area (Å²) in [6, 6.07) is 1.60. The third kappa shape index (κ3) is 3.43. The van der Waals surface area contributed by atoms with Crippen LogP contribution in [0.3, 0.4) is 0 Å². The molecule has 0 amide bonds. The second-order valence-corrected chi connectivity index (χ2v) is 8.29. The molecule has 2 N–H and O–H groups in total. The Balaban J connectivity index is 1.87. The van der Waals surface area contributed by atoms with Crippen LogP contribution in [0.5, 0.6) is 5.75 Å². The van der Waals surface area contributed by atoms with E-state index in [1.807, 2.05) is 4.90 Å². The van der Waals surface area contributed by atoms with Gasteiger partial charge in [-0.05, 0) is 44.7 Å². The van der Waals surface area contributed by atoms with Gasteiger partial charge in [0.2, 0.25) is 5.43 Å². The molecule has 1 aromatic heterocycles. The van der Waals surface area contributed by atoms with Crippen molar-refractivity contribution in [2.75, 3.05) is 31.6 Å². The summed E-state index contributed by atoms with van der Waals surface area (Å²) in [5.41, 5.74) is -0.190. The van der Waals surface area contributed by atoms with Gasteiger partial charge in [0.05, 0.1) is 18.0 Å². The van der Waals surface area contributed by atoms with Crippen LogP contribution in [-0.4, -0.2) is 48.4 Å². The van der Waals surface area contributed by atoms with E-state index in [1.54, 1.807) is 4.57 Å². The zero-order valence-corrected chi connectivity index (χ0v) is 17.6. The second-order valence-electron chi connectivity index (χ2n) is 8.29. The Labute approximate surface area is 174 Å². The van der Waals surface area contributed by atoms with Crippen molar-refractivity contribution in [3.63, 3.8) is 0 Å². The highest BCUT2D eigenvalue weighted by atomic mass is 19.1. The van der Waals surface area contributed by atoms with Gasteiger partial charge in [0.1, 0.15) is 11.3 Å². The van der Waals surface area contributed by atoms with Crippen molar-refractivity contribution in [3.8, 4) is 5.75 Å². The van der Waals surface area contributed by atoms with Crippen molar-refractivity contribution in [2.45, 2.75) is 45.2 Å². The summed E-state index contributed by atoms with van der Waals surface area (Å²) < 4.78 is 22.8. The molecule has 1 aromatic carbocycles.